The highest BCUT2D eigenvalue weighted by atomic mass is 19.1. The predicted molar refractivity (Wildman–Crippen MR) is 59.6 cm³/mol. The Balaban J connectivity index is 2.69. The molecule has 0 amide bonds. The van der Waals surface area contributed by atoms with Gasteiger partial charge in [0, 0.05) is 18.1 Å². The predicted octanol–water partition coefficient (Wildman–Crippen LogP) is 1.16. The zero-order chi connectivity index (χ0) is 13.3. The molecule has 1 heterocycles. The summed E-state index contributed by atoms with van der Waals surface area (Å²) in [6.07, 6.45) is 2.67. The van der Waals surface area contributed by atoms with Crippen LogP contribution in [0.5, 0.6) is 0 Å². The van der Waals surface area contributed by atoms with Gasteiger partial charge in [-0.2, -0.15) is 5.26 Å². The van der Waals surface area contributed by atoms with Gasteiger partial charge in [-0.25, -0.2) is 14.2 Å². The number of anilines is 1. The highest BCUT2D eigenvalue weighted by Gasteiger charge is 2.16. The van der Waals surface area contributed by atoms with E-state index in [2.05, 4.69) is 4.98 Å². The van der Waals surface area contributed by atoms with E-state index < -0.39 is 11.8 Å². The van der Waals surface area contributed by atoms with Gasteiger partial charge in [0.2, 0.25) is 5.82 Å². The molecule has 0 fully saturated rings. The van der Waals surface area contributed by atoms with Crippen LogP contribution >= 0.6 is 0 Å². The number of nitrogens with zero attached hydrogens (tertiary/aromatic N) is 3. The maximum absolute atomic E-state index is 13.7. The molecule has 90 valence electrons. The number of aromatic carboxylic acids is 1. The first kappa shape index (κ1) is 11.6. The number of hydrogen-bond donors (Lipinski definition) is 2. The van der Waals surface area contributed by atoms with Gasteiger partial charge < -0.3 is 10.8 Å². The molecule has 0 aliphatic heterocycles. The second kappa shape index (κ2) is 4.18. The maximum atomic E-state index is 13.7. The number of halogens is 1. The Morgan fingerprint density at radius 1 is 1.56 bits per heavy atom. The Labute approximate surface area is 101 Å². The van der Waals surface area contributed by atoms with Gasteiger partial charge in [0.05, 0.1) is 11.3 Å². The van der Waals surface area contributed by atoms with Gasteiger partial charge in [0.25, 0.3) is 0 Å². The Bertz CT molecular complexity index is 672. The van der Waals surface area contributed by atoms with Crippen molar-refractivity contribution in [2.24, 2.45) is 0 Å². The van der Waals surface area contributed by atoms with Gasteiger partial charge in [-0.15, -0.1) is 0 Å². The van der Waals surface area contributed by atoms with E-state index in [1.165, 1.54) is 12.4 Å². The molecule has 0 aliphatic rings. The van der Waals surface area contributed by atoms with Crippen molar-refractivity contribution in [1.82, 2.24) is 9.55 Å². The number of benzene rings is 1. The number of carboxylic acids is 1. The van der Waals surface area contributed by atoms with E-state index >= 15 is 0 Å². The van der Waals surface area contributed by atoms with E-state index in [9.17, 15) is 9.18 Å². The first-order chi connectivity index (χ1) is 8.54. The lowest BCUT2D eigenvalue weighted by atomic mass is 10.1. The minimum absolute atomic E-state index is 0.0463. The van der Waals surface area contributed by atoms with E-state index in [1.807, 2.05) is 0 Å². The van der Waals surface area contributed by atoms with Crippen molar-refractivity contribution in [2.75, 3.05) is 5.73 Å². The largest absolute Gasteiger partial charge is 0.478 e. The quantitative estimate of drug-likeness (QED) is 0.773. The van der Waals surface area contributed by atoms with Crippen LogP contribution in [0.1, 0.15) is 16.2 Å². The van der Waals surface area contributed by atoms with Crippen molar-refractivity contribution in [3.05, 3.63) is 41.7 Å². The molecule has 1 aromatic heterocycles. The second-order valence-corrected chi connectivity index (χ2v) is 3.43. The smallest absolute Gasteiger partial charge is 0.337 e. The minimum atomic E-state index is -1.27. The van der Waals surface area contributed by atoms with Gasteiger partial charge in [0.15, 0.2) is 0 Å². The number of carbonyl (C=O) groups is 1. The first-order valence-corrected chi connectivity index (χ1v) is 4.80. The molecule has 0 saturated carbocycles. The van der Waals surface area contributed by atoms with Crippen LogP contribution in [-0.2, 0) is 0 Å². The minimum Gasteiger partial charge on any atom is -0.478 e. The van der Waals surface area contributed by atoms with E-state index in [0.717, 1.165) is 16.7 Å². The van der Waals surface area contributed by atoms with Crippen molar-refractivity contribution in [3.63, 3.8) is 0 Å². The molecule has 0 saturated heterocycles. The molecular formula is C11H7FN4O2. The summed E-state index contributed by atoms with van der Waals surface area (Å²) in [6.45, 7) is 0. The molecule has 7 heteroatoms. The molecule has 0 unspecified atom stereocenters. The molecule has 0 bridgehead atoms. The number of hydrogen-bond acceptors (Lipinski definition) is 4. The maximum Gasteiger partial charge on any atom is 0.337 e. The molecule has 1 aromatic carbocycles. The van der Waals surface area contributed by atoms with Gasteiger partial charge in [0.1, 0.15) is 11.9 Å². The number of nitrogens with two attached hydrogens (primary N) is 1. The summed E-state index contributed by atoms with van der Waals surface area (Å²) in [5, 5.41) is 17.7. The van der Waals surface area contributed by atoms with Crippen LogP contribution in [0.4, 0.5) is 10.1 Å². The van der Waals surface area contributed by atoms with Crippen molar-refractivity contribution in [1.29, 1.82) is 5.26 Å². The lowest BCUT2D eigenvalue weighted by Gasteiger charge is -2.08. The Morgan fingerprint density at radius 3 is 2.89 bits per heavy atom. The van der Waals surface area contributed by atoms with Crippen LogP contribution in [0.3, 0.4) is 0 Å². The molecule has 18 heavy (non-hydrogen) atoms. The molecule has 0 atom stereocenters. The monoisotopic (exact) mass is 246 g/mol. The summed E-state index contributed by atoms with van der Waals surface area (Å²) in [7, 11) is 0. The van der Waals surface area contributed by atoms with E-state index in [-0.39, 0.29) is 22.8 Å². The lowest BCUT2D eigenvalue weighted by Crippen LogP contribution is -2.07. The summed E-state index contributed by atoms with van der Waals surface area (Å²) in [6, 6.07) is 3.74. The van der Waals surface area contributed by atoms with E-state index in [4.69, 9.17) is 16.1 Å². The number of rotatable bonds is 2. The average molecular weight is 246 g/mol. The highest BCUT2D eigenvalue weighted by molar-refractivity contribution is 5.94. The van der Waals surface area contributed by atoms with Crippen LogP contribution < -0.4 is 5.73 Å². The van der Waals surface area contributed by atoms with Crippen LogP contribution in [0, 0.1) is 17.1 Å². The Kier molecular flexibility index (Phi) is 2.69. The van der Waals surface area contributed by atoms with Crippen molar-refractivity contribution in [2.45, 2.75) is 0 Å². The third-order valence-corrected chi connectivity index (χ3v) is 2.35. The molecular weight excluding hydrogens is 239 g/mol. The number of aromatic nitrogens is 2. The average Bonchev–Trinajstić information content (AvgIpc) is 2.76. The fourth-order valence-corrected chi connectivity index (χ4v) is 1.53. The molecule has 2 rings (SSSR count). The first-order valence-electron chi connectivity index (χ1n) is 4.80. The molecule has 3 N–H and O–H groups in total. The normalized spacial score (nSPS) is 10.0. The summed E-state index contributed by atoms with van der Waals surface area (Å²) >= 11 is 0. The number of imidazole rings is 1. The number of nitriles is 1. The van der Waals surface area contributed by atoms with E-state index in [0.29, 0.717) is 0 Å². The standard InChI is InChI=1S/C11H7FN4O2/c12-7-4-8(14)6(11(17)18)3-9(7)16-2-1-15-10(16)5-13/h1-4H,14H2,(H,17,18). The SMILES string of the molecule is N#Cc1nccn1-c1cc(C(=O)O)c(N)cc1F. The fraction of sp³-hybridized carbons (Fsp3) is 0. The van der Waals surface area contributed by atoms with Gasteiger partial charge in [-0.1, -0.05) is 0 Å². The van der Waals surface area contributed by atoms with Crippen LogP contribution in [0.15, 0.2) is 24.5 Å². The summed E-state index contributed by atoms with van der Waals surface area (Å²) in [5.41, 5.74) is 4.91. The zero-order valence-corrected chi connectivity index (χ0v) is 8.96. The number of carboxylic acid groups (broad SMARTS) is 1. The zero-order valence-electron chi connectivity index (χ0n) is 8.96. The molecule has 0 spiro atoms. The molecule has 0 aliphatic carbocycles. The Morgan fingerprint density at radius 2 is 2.28 bits per heavy atom. The van der Waals surface area contributed by atoms with Crippen LogP contribution in [0.2, 0.25) is 0 Å². The van der Waals surface area contributed by atoms with Crippen LogP contribution in [-0.4, -0.2) is 20.6 Å². The lowest BCUT2D eigenvalue weighted by molar-refractivity contribution is 0.0698. The molecule has 0 radical (unpaired) electrons. The third kappa shape index (κ3) is 1.76. The fourth-order valence-electron chi connectivity index (χ4n) is 1.53. The topological polar surface area (TPSA) is 105 Å². The van der Waals surface area contributed by atoms with Gasteiger partial charge in [-0.3, -0.25) is 4.57 Å². The summed E-state index contributed by atoms with van der Waals surface area (Å²) < 4.78 is 14.9. The van der Waals surface area contributed by atoms with Crippen molar-refractivity contribution < 1.29 is 14.3 Å². The highest BCUT2D eigenvalue weighted by Crippen LogP contribution is 2.22. The van der Waals surface area contributed by atoms with Gasteiger partial charge in [-0.05, 0) is 12.1 Å². The van der Waals surface area contributed by atoms with Crippen LogP contribution in [0.25, 0.3) is 5.69 Å². The van der Waals surface area contributed by atoms with E-state index in [1.54, 1.807) is 6.07 Å². The molecule has 2 aromatic rings. The summed E-state index contributed by atoms with van der Waals surface area (Å²) in [5.74, 6) is -2.05. The van der Waals surface area contributed by atoms with Gasteiger partial charge >= 0.3 is 5.97 Å². The second-order valence-electron chi connectivity index (χ2n) is 3.43. The summed E-state index contributed by atoms with van der Waals surface area (Å²) in [4.78, 5) is 14.6. The third-order valence-electron chi connectivity index (χ3n) is 2.35. The Hall–Kier alpha value is -2.88. The molecule has 6 nitrogen and oxygen atoms in total. The van der Waals surface area contributed by atoms with Crippen molar-refractivity contribution >= 4 is 11.7 Å². The number of nitrogen functional groups attached to an aromatic ring is 1. The van der Waals surface area contributed by atoms with Crippen molar-refractivity contribution in [3.8, 4) is 11.8 Å².